The first-order valence-corrected chi connectivity index (χ1v) is 11.1. The highest BCUT2D eigenvalue weighted by Gasteiger charge is 2.11. The van der Waals surface area contributed by atoms with Gasteiger partial charge in [0.2, 0.25) is 0 Å². The Bertz CT molecular complexity index is 1340. The quantitative estimate of drug-likeness (QED) is 0.370. The molecule has 0 spiro atoms. The maximum absolute atomic E-state index is 6.13. The third kappa shape index (κ3) is 4.15. The van der Waals surface area contributed by atoms with Gasteiger partial charge in [-0.15, -0.1) is 11.3 Å². The Labute approximate surface area is 188 Å². The normalized spacial score (nSPS) is 11.2. The van der Waals surface area contributed by atoms with Gasteiger partial charge in [0.25, 0.3) is 0 Å². The van der Waals surface area contributed by atoms with Crippen molar-refractivity contribution in [2.45, 2.75) is 13.3 Å². The van der Waals surface area contributed by atoms with Crippen LogP contribution in [-0.2, 0) is 6.42 Å². The lowest BCUT2D eigenvalue weighted by molar-refractivity contribution is 0.895. The molecule has 5 aromatic rings. The topological polar surface area (TPSA) is 68.5 Å². The predicted molar refractivity (Wildman–Crippen MR) is 126 cm³/mol. The number of aryl methyl sites for hydroxylation is 1. The zero-order chi connectivity index (χ0) is 21.2. The first-order valence-electron chi connectivity index (χ1n) is 9.87. The zero-order valence-corrected chi connectivity index (χ0v) is 18.4. The molecular formula is C23H19ClN6S. The standard InChI is InChI=1S/C23H19ClN6S/c1-15-29-21(13-31-15)17-7-5-16(6-8-17)9-10-25-22-20-12-28-30(23(20)27-14-26-22)19-4-2-3-18(24)11-19/h2-8,11-14H,9-10H2,1H3,(H,25,26,27). The lowest BCUT2D eigenvalue weighted by atomic mass is 10.1. The van der Waals surface area contributed by atoms with E-state index in [9.17, 15) is 0 Å². The summed E-state index contributed by atoms with van der Waals surface area (Å²) in [5, 5.41) is 12.6. The molecule has 5 rings (SSSR count). The van der Waals surface area contributed by atoms with Gasteiger partial charge >= 0.3 is 0 Å². The minimum Gasteiger partial charge on any atom is -0.369 e. The first-order chi connectivity index (χ1) is 15.2. The van der Waals surface area contributed by atoms with Crippen molar-refractivity contribution in [3.05, 3.63) is 82.0 Å². The van der Waals surface area contributed by atoms with Crippen molar-refractivity contribution in [2.75, 3.05) is 11.9 Å². The van der Waals surface area contributed by atoms with E-state index in [0.29, 0.717) is 5.02 Å². The molecule has 0 aliphatic heterocycles. The van der Waals surface area contributed by atoms with Crippen LogP contribution in [0.5, 0.6) is 0 Å². The minimum absolute atomic E-state index is 0.657. The van der Waals surface area contributed by atoms with Gasteiger partial charge in [-0.2, -0.15) is 5.10 Å². The fraction of sp³-hybridized carbons (Fsp3) is 0.130. The molecule has 0 aliphatic rings. The van der Waals surface area contributed by atoms with E-state index in [-0.39, 0.29) is 0 Å². The number of nitrogens with zero attached hydrogens (tertiary/aromatic N) is 5. The zero-order valence-electron chi connectivity index (χ0n) is 16.8. The van der Waals surface area contributed by atoms with E-state index in [4.69, 9.17) is 11.6 Å². The molecule has 0 bridgehead atoms. The molecule has 3 aromatic heterocycles. The molecule has 0 amide bonds. The molecule has 3 heterocycles. The smallest absolute Gasteiger partial charge is 0.168 e. The summed E-state index contributed by atoms with van der Waals surface area (Å²) in [6.45, 7) is 2.78. The van der Waals surface area contributed by atoms with Crippen LogP contribution in [0.25, 0.3) is 28.0 Å². The lowest BCUT2D eigenvalue weighted by Crippen LogP contribution is -2.07. The lowest BCUT2D eigenvalue weighted by Gasteiger charge is -2.08. The predicted octanol–water partition coefficient (Wildman–Crippen LogP) is 5.56. The Kier molecular flexibility index (Phi) is 5.36. The average molecular weight is 447 g/mol. The van der Waals surface area contributed by atoms with Crippen LogP contribution < -0.4 is 5.32 Å². The van der Waals surface area contributed by atoms with Gasteiger partial charge in [0, 0.05) is 22.5 Å². The molecule has 0 radical (unpaired) electrons. The van der Waals surface area contributed by atoms with Gasteiger partial charge in [-0.3, -0.25) is 0 Å². The molecule has 6 nitrogen and oxygen atoms in total. The SMILES string of the molecule is Cc1nc(-c2ccc(CCNc3ncnc4c3cnn4-c3cccc(Cl)c3)cc2)cs1. The Morgan fingerprint density at radius 1 is 1.10 bits per heavy atom. The van der Waals surface area contributed by atoms with Gasteiger partial charge in [0.1, 0.15) is 12.1 Å². The van der Waals surface area contributed by atoms with Crippen molar-refractivity contribution in [1.82, 2.24) is 24.7 Å². The van der Waals surface area contributed by atoms with Crippen LogP contribution in [0.2, 0.25) is 5.02 Å². The van der Waals surface area contributed by atoms with Crippen molar-refractivity contribution in [3.8, 4) is 16.9 Å². The van der Waals surface area contributed by atoms with Gasteiger partial charge in [0.15, 0.2) is 5.65 Å². The van der Waals surface area contributed by atoms with E-state index in [1.807, 2.05) is 31.2 Å². The summed E-state index contributed by atoms with van der Waals surface area (Å²) in [7, 11) is 0. The van der Waals surface area contributed by atoms with Crippen LogP contribution >= 0.6 is 22.9 Å². The maximum atomic E-state index is 6.13. The summed E-state index contributed by atoms with van der Waals surface area (Å²) in [6, 6.07) is 16.1. The molecule has 0 saturated heterocycles. The highest BCUT2D eigenvalue weighted by Crippen LogP contribution is 2.24. The number of fused-ring (bicyclic) bond motifs is 1. The second-order valence-electron chi connectivity index (χ2n) is 7.12. The summed E-state index contributed by atoms with van der Waals surface area (Å²) >= 11 is 7.80. The van der Waals surface area contributed by atoms with Gasteiger partial charge < -0.3 is 5.32 Å². The maximum Gasteiger partial charge on any atom is 0.168 e. The van der Waals surface area contributed by atoms with Crippen LogP contribution in [-0.4, -0.2) is 31.3 Å². The Balaban J connectivity index is 1.29. The molecule has 0 saturated carbocycles. The summed E-state index contributed by atoms with van der Waals surface area (Å²) in [6.07, 6.45) is 4.21. The van der Waals surface area contributed by atoms with E-state index in [2.05, 4.69) is 55.0 Å². The van der Waals surface area contributed by atoms with Crippen molar-refractivity contribution < 1.29 is 0 Å². The van der Waals surface area contributed by atoms with Gasteiger partial charge in [-0.05, 0) is 37.1 Å². The van der Waals surface area contributed by atoms with Crippen LogP contribution in [0.4, 0.5) is 5.82 Å². The molecule has 0 fully saturated rings. The number of nitrogens with one attached hydrogen (secondary N) is 1. The van der Waals surface area contributed by atoms with Gasteiger partial charge in [-0.1, -0.05) is 41.9 Å². The minimum atomic E-state index is 0.657. The molecule has 31 heavy (non-hydrogen) atoms. The van der Waals surface area contributed by atoms with E-state index in [0.717, 1.165) is 51.8 Å². The number of thiazole rings is 1. The summed E-state index contributed by atoms with van der Waals surface area (Å²) in [5.74, 6) is 0.771. The van der Waals surface area contributed by atoms with Gasteiger partial charge in [-0.25, -0.2) is 19.6 Å². The van der Waals surface area contributed by atoms with Crippen molar-refractivity contribution in [3.63, 3.8) is 0 Å². The summed E-state index contributed by atoms with van der Waals surface area (Å²) in [5.41, 5.74) is 5.03. The van der Waals surface area contributed by atoms with Crippen LogP contribution in [0.15, 0.2) is 66.4 Å². The number of anilines is 1. The number of rotatable bonds is 6. The van der Waals surface area contributed by atoms with Gasteiger partial charge in [0.05, 0.1) is 28.0 Å². The number of hydrogen-bond donors (Lipinski definition) is 1. The molecule has 8 heteroatoms. The van der Waals surface area contributed by atoms with E-state index >= 15 is 0 Å². The average Bonchev–Trinajstić information content (AvgIpc) is 3.41. The summed E-state index contributed by atoms with van der Waals surface area (Å²) < 4.78 is 1.77. The molecule has 0 atom stereocenters. The molecule has 0 unspecified atom stereocenters. The second kappa shape index (κ2) is 8.45. The number of aromatic nitrogens is 5. The molecule has 154 valence electrons. The summed E-state index contributed by atoms with van der Waals surface area (Å²) in [4.78, 5) is 13.4. The van der Waals surface area contributed by atoms with E-state index < -0.39 is 0 Å². The monoisotopic (exact) mass is 446 g/mol. The second-order valence-corrected chi connectivity index (χ2v) is 8.62. The number of hydrogen-bond acceptors (Lipinski definition) is 6. The molecule has 2 aromatic carbocycles. The Morgan fingerprint density at radius 2 is 1.97 bits per heavy atom. The van der Waals surface area contributed by atoms with Crippen LogP contribution in [0, 0.1) is 6.92 Å². The third-order valence-electron chi connectivity index (χ3n) is 4.99. The van der Waals surface area contributed by atoms with Crippen molar-refractivity contribution in [1.29, 1.82) is 0 Å². The molecule has 1 N–H and O–H groups in total. The van der Waals surface area contributed by atoms with Crippen molar-refractivity contribution in [2.24, 2.45) is 0 Å². The molecule has 0 aliphatic carbocycles. The van der Waals surface area contributed by atoms with E-state index in [1.54, 1.807) is 28.5 Å². The Morgan fingerprint density at radius 3 is 2.74 bits per heavy atom. The van der Waals surface area contributed by atoms with Crippen LogP contribution in [0.1, 0.15) is 10.6 Å². The number of halogens is 1. The number of benzene rings is 2. The van der Waals surface area contributed by atoms with Crippen LogP contribution in [0.3, 0.4) is 0 Å². The molecular weight excluding hydrogens is 428 g/mol. The highest BCUT2D eigenvalue weighted by atomic mass is 35.5. The fourth-order valence-corrected chi connectivity index (χ4v) is 4.25. The Hall–Kier alpha value is -3.29. The first kappa shape index (κ1) is 19.7. The highest BCUT2D eigenvalue weighted by molar-refractivity contribution is 7.09. The third-order valence-corrected chi connectivity index (χ3v) is 6.00. The van der Waals surface area contributed by atoms with Crippen molar-refractivity contribution >= 4 is 39.8 Å². The fourth-order valence-electron chi connectivity index (χ4n) is 3.45. The van der Waals surface area contributed by atoms with E-state index in [1.165, 1.54) is 5.56 Å². The largest absolute Gasteiger partial charge is 0.369 e.